The van der Waals surface area contributed by atoms with E-state index in [1.165, 1.54) is 9.87 Å². The summed E-state index contributed by atoms with van der Waals surface area (Å²) in [6.07, 6.45) is 1.53. The molecular weight excluding hydrogens is 260 g/mol. The molecule has 1 unspecified atom stereocenters. The summed E-state index contributed by atoms with van der Waals surface area (Å²) in [5.41, 5.74) is 7.78. The van der Waals surface area contributed by atoms with Crippen molar-refractivity contribution in [2.24, 2.45) is 5.73 Å². The lowest BCUT2D eigenvalue weighted by molar-refractivity contribution is 0.453. The van der Waals surface area contributed by atoms with Crippen molar-refractivity contribution in [2.45, 2.75) is 38.5 Å². The zero-order valence-corrected chi connectivity index (χ0v) is 12.8. The van der Waals surface area contributed by atoms with Gasteiger partial charge in [-0.15, -0.1) is 0 Å². The molecule has 0 radical (unpaired) electrons. The zero-order valence-electron chi connectivity index (χ0n) is 12.0. The maximum Gasteiger partial charge on any atom is 0.218 e. The molecule has 19 heavy (non-hydrogen) atoms. The van der Waals surface area contributed by atoms with Crippen LogP contribution in [0.5, 0.6) is 0 Å². The number of benzene rings is 1. The molecule has 0 aromatic heterocycles. The summed E-state index contributed by atoms with van der Waals surface area (Å²) in [6.45, 7) is 4.50. The van der Waals surface area contributed by atoms with Crippen LogP contribution in [0.15, 0.2) is 24.3 Å². The lowest BCUT2D eigenvalue weighted by Gasteiger charge is -2.22. The molecule has 5 heteroatoms. The van der Waals surface area contributed by atoms with Gasteiger partial charge in [0.1, 0.15) is 0 Å². The van der Waals surface area contributed by atoms with Crippen molar-refractivity contribution < 1.29 is 8.42 Å². The Morgan fingerprint density at radius 3 is 2.11 bits per heavy atom. The molecule has 0 heterocycles. The van der Waals surface area contributed by atoms with E-state index in [0.717, 1.165) is 12.0 Å². The first-order valence-corrected chi connectivity index (χ1v) is 8.19. The summed E-state index contributed by atoms with van der Waals surface area (Å²) in [5.74, 6) is 0. The van der Waals surface area contributed by atoms with Gasteiger partial charge in [-0.3, -0.25) is 0 Å². The number of rotatable bonds is 7. The summed E-state index contributed by atoms with van der Waals surface area (Å²) in [6, 6.07) is 8.04. The van der Waals surface area contributed by atoms with Crippen LogP contribution in [-0.2, 0) is 23.0 Å². The molecule has 0 saturated heterocycles. The Balaban J connectivity index is 2.80. The van der Waals surface area contributed by atoms with E-state index in [4.69, 9.17) is 5.73 Å². The van der Waals surface area contributed by atoms with Gasteiger partial charge >= 0.3 is 0 Å². The molecule has 0 amide bonds. The van der Waals surface area contributed by atoms with Crippen LogP contribution in [0.4, 0.5) is 0 Å². The van der Waals surface area contributed by atoms with Crippen LogP contribution in [-0.4, -0.2) is 31.6 Å². The summed E-state index contributed by atoms with van der Waals surface area (Å²) in [7, 11) is -1.69. The molecule has 2 N–H and O–H groups in total. The van der Waals surface area contributed by atoms with Gasteiger partial charge in [0.05, 0.1) is 5.25 Å². The monoisotopic (exact) mass is 284 g/mol. The fraction of sp³-hybridized carbons (Fsp3) is 0.571. The average molecular weight is 284 g/mol. The summed E-state index contributed by atoms with van der Waals surface area (Å²) < 4.78 is 25.9. The lowest BCUT2D eigenvalue weighted by atomic mass is 10.1. The van der Waals surface area contributed by atoms with Crippen molar-refractivity contribution in [3.05, 3.63) is 35.4 Å². The quantitative estimate of drug-likeness (QED) is 0.829. The number of sulfonamides is 1. The number of nitrogens with two attached hydrogens (primary N) is 1. The van der Waals surface area contributed by atoms with E-state index in [1.807, 2.05) is 31.2 Å². The van der Waals surface area contributed by atoms with Gasteiger partial charge in [-0.2, -0.15) is 0 Å². The Morgan fingerprint density at radius 1 is 1.16 bits per heavy atom. The normalized spacial score (nSPS) is 13.7. The fourth-order valence-corrected chi connectivity index (χ4v) is 3.48. The van der Waals surface area contributed by atoms with E-state index in [1.54, 1.807) is 7.05 Å². The fourth-order valence-electron chi connectivity index (χ4n) is 1.98. The minimum atomic E-state index is -3.31. The van der Waals surface area contributed by atoms with E-state index in [9.17, 15) is 8.42 Å². The minimum Gasteiger partial charge on any atom is -0.329 e. The predicted molar refractivity (Wildman–Crippen MR) is 79.3 cm³/mol. The molecule has 0 aliphatic heterocycles. The van der Waals surface area contributed by atoms with Crippen molar-refractivity contribution in [3.8, 4) is 0 Å². The predicted octanol–water partition coefficient (Wildman–Crippen LogP) is 1.75. The first kappa shape index (κ1) is 16.1. The van der Waals surface area contributed by atoms with Crippen LogP contribution in [0.25, 0.3) is 0 Å². The molecule has 0 fully saturated rings. The van der Waals surface area contributed by atoms with E-state index in [2.05, 4.69) is 6.92 Å². The highest BCUT2D eigenvalue weighted by Crippen LogP contribution is 2.14. The second-order valence-corrected chi connectivity index (χ2v) is 7.06. The maximum atomic E-state index is 12.3. The molecular formula is C14H24N2O2S. The van der Waals surface area contributed by atoms with E-state index < -0.39 is 15.3 Å². The lowest BCUT2D eigenvalue weighted by Crippen LogP contribution is -2.39. The molecule has 1 aromatic carbocycles. The Bertz CT molecular complexity index is 479. The molecule has 1 aromatic rings. The van der Waals surface area contributed by atoms with E-state index in [-0.39, 0.29) is 6.54 Å². The van der Waals surface area contributed by atoms with Crippen molar-refractivity contribution in [1.82, 2.24) is 4.31 Å². The van der Waals surface area contributed by atoms with E-state index in [0.29, 0.717) is 13.0 Å². The molecule has 1 rings (SSSR count). The molecule has 0 spiro atoms. The summed E-state index contributed by atoms with van der Waals surface area (Å²) in [5, 5.41) is -0.493. The highest BCUT2D eigenvalue weighted by Gasteiger charge is 2.27. The molecule has 0 bridgehead atoms. The van der Waals surface area contributed by atoms with E-state index >= 15 is 0 Å². The molecule has 108 valence electrons. The van der Waals surface area contributed by atoms with Crippen LogP contribution in [0.2, 0.25) is 0 Å². The third kappa shape index (κ3) is 4.03. The standard InChI is InChI=1S/C14H24N2O2S/c1-4-12-6-8-13(9-7-12)11-16(3)19(17,18)14(5-2)10-15/h6-9,14H,4-5,10-11,15H2,1-3H3. The zero-order chi connectivity index (χ0) is 14.5. The molecule has 0 aliphatic rings. The van der Waals surface area contributed by atoms with Gasteiger partial charge in [-0.25, -0.2) is 12.7 Å². The van der Waals surface area contributed by atoms with Crippen molar-refractivity contribution in [2.75, 3.05) is 13.6 Å². The topological polar surface area (TPSA) is 63.4 Å². The highest BCUT2D eigenvalue weighted by molar-refractivity contribution is 7.89. The first-order valence-electron chi connectivity index (χ1n) is 6.68. The number of hydrogen-bond acceptors (Lipinski definition) is 3. The second kappa shape index (κ2) is 7.03. The molecule has 0 saturated carbocycles. The molecule has 1 atom stereocenters. The smallest absolute Gasteiger partial charge is 0.218 e. The van der Waals surface area contributed by atoms with Crippen LogP contribution < -0.4 is 5.73 Å². The van der Waals surface area contributed by atoms with Gasteiger partial charge in [0, 0.05) is 20.1 Å². The Kier molecular flexibility index (Phi) is 5.97. The minimum absolute atomic E-state index is 0.165. The summed E-state index contributed by atoms with van der Waals surface area (Å²) >= 11 is 0. The largest absolute Gasteiger partial charge is 0.329 e. The average Bonchev–Trinajstić information content (AvgIpc) is 2.40. The number of hydrogen-bond donors (Lipinski definition) is 1. The maximum absolute atomic E-state index is 12.3. The van der Waals surface area contributed by atoms with Crippen LogP contribution in [0.1, 0.15) is 31.4 Å². The van der Waals surface area contributed by atoms with Crippen LogP contribution in [0, 0.1) is 0 Å². The molecule has 4 nitrogen and oxygen atoms in total. The van der Waals surface area contributed by atoms with Gasteiger partial charge in [0.2, 0.25) is 10.0 Å². The van der Waals surface area contributed by atoms with Crippen LogP contribution >= 0.6 is 0 Å². The summed E-state index contributed by atoms with van der Waals surface area (Å²) in [4.78, 5) is 0. The SMILES string of the molecule is CCc1ccc(CN(C)S(=O)(=O)C(CC)CN)cc1. The van der Waals surface area contributed by atoms with Crippen LogP contribution in [0.3, 0.4) is 0 Å². The van der Waals surface area contributed by atoms with Gasteiger partial charge in [0.25, 0.3) is 0 Å². The second-order valence-electron chi connectivity index (χ2n) is 4.74. The van der Waals surface area contributed by atoms with Crippen molar-refractivity contribution in [3.63, 3.8) is 0 Å². The van der Waals surface area contributed by atoms with Crippen molar-refractivity contribution >= 4 is 10.0 Å². The third-order valence-electron chi connectivity index (χ3n) is 3.41. The first-order chi connectivity index (χ1) is 8.95. The van der Waals surface area contributed by atoms with Gasteiger partial charge in [0.15, 0.2) is 0 Å². The Labute approximate surface area is 116 Å². The number of nitrogens with zero attached hydrogens (tertiary/aromatic N) is 1. The Morgan fingerprint density at radius 2 is 1.68 bits per heavy atom. The van der Waals surface area contributed by atoms with Crippen molar-refractivity contribution in [1.29, 1.82) is 0 Å². The van der Waals surface area contributed by atoms with Gasteiger partial charge in [-0.1, -0.05) is 38.1 Å². The van der Waals surface area contributed by atoms with Gasteiger partial charge in [-0.05, 0) is 24.0 Å². The third-order valence-corrected chi connectivity index (χ3v) is 5.78. The highest BCUT2D eigenvalue weighted by atomic mass is 32.2. The molecule has 0 aliphatic carbocycles. The number of aryl methyl sites for hydroxylation is 1. The van der Waals surface area contributed by atoms with Gasteiger partial charge < -0.3 is 5.73 Å². The Hall–Kier alpha value is -0.910.